The molecule has 3 heterocycles. The van der Waals surface area contributed by atoms with Gasteiger partial charge in [-0.05, 0) is 25.0 Å². The molecule has 0 bridgehead atoms. The van der Waals surface area contributed by atoms with Crippen LogP contribution in [0, 0.1) is 0 Å². The molecule has 22 heavy (non-hydrogen) atoms. The van der Waals surface area contributed by atoms with Crippen LogP contribution in [0.2, 0.25) is 4.34 Å². The Kier molecular flexibility index (Phi) is 4.75. The second-order valence-corrected chi connectivity index (χ2v) is 9.17. The largest absolute Gasteiger partial charge is 0.368 e. The van der Waals surface area contributed by atoms with Crippen molar-refractivity contribution in [1.82, 2.24) is 9.21 Å². The summed E-state index contributed by atoms with van der Waals surface area (Å²) in [7, 11) is -3.51. The van der Waals surface area contributed by atoms with Crippen LogP contribution in [0.15, 0.2) is 16.3 Å². The minimum absolute atomic E-state index is 0.0197. The van der Waals surface area contributed by atoms with Crippen molar-refractivity contribution >= 4 is 38.9 Å². The van der Waals surface area contributed by atoms with E-state index in [9.17, 15) is 13.2 Å². The van der Waals surface area contributed by atoms with Gasteiger partial charge in [0.25, 0.3) is 15.9 Å². The molecule has 2 aliphatic rings. The van der Waals surface area contributed by atoms with E-state index in [2.05, 4.69) is 0 Å². The summed E-state index contributed by atoms with van der Waals surface area (Å²) >= 11 is 6.86. The van der Waals surface area contributed by atoms with Gasteiger partial charge in [-0.1, -0.05) is 11.6 Å². The lowest BCUT2D eigenvalue weighted by atomic mass is 10.2. The number of halogens is 1. The van der Waals surface area contributed by atoms with Crippen LogP contribution < -0.4 is 0 Å². The summed E-state index contributed by atoms with van der Waals surface area (Å²) in [6.07, 6.45) is 1.31. The summed E-state index contributed by atoms with van der Waals surface area (Å²) in [4.78, 5) is 13.9. The van der Waals surface area contributed by atoms with Gasteiger partial charge in [0.2, 0.25) is 0 Å². The number of ether oxygens (including phenoxy) is 1. The molecule has 6 nitrogen and oxygen atoms in total. The molecule has 122 valence electrons. The van der Waals surface area contributed by atoms with Crippen LogP contribution in [-0.2, 0) is 19.6 Å². The lowest BCUT2D eigenvalue weighted by Gasteiger charge is -2.34. The molecule has 0 N–H and O–H groups in total. The van der Waals surface area contributed by atoms with Crippen molar-refractivity contribution in [2.45, 2.75) is 23.2 Å². The fourth-order valence-corrected chi connectivity index (χ4v) is 5.75. The molecule has 2 saturated heterocycles. The number of hydrogen-bond acceptors (Lipinski definition) is 5. The maximum Gasteiger partial charge on any atom is 0.252 e. The van der Waals surface area contributed by atoms with Gasteiger partial charge in [-0.15, -0.1) is 11.3 Å². The number of carbonyl (C=O) groups is 1. The van der Waals surface area contributed by atoms with E-state index in [1.165, 1.54) is 10.4 Å². The molecule has 9 heteroatoms. The average Bonchev–Trinajstić information content (AvgIpc) is 3.18. The summed E-state index contributed by atoms with van der Waals surface area (Å²) in [5.74, 6) is -0.0197. The van der Waals surface area contributed by atoms with Gasteiger partial charge >= 0.3 is 0 Å². The Morgan fingerprint density at radius 3 is 2.55 bits per heavy atom. The summed E-state index contributed by atoms with van der Waals surface area (Å²) in [6, 6.07) is 3.10. The molecule has 1 atom stereocenters. The minimum Gasteiger partial charge on any atom is -0.368 e. The highest BCUT2D eigenvalue weighted by Gasteiger charge is 2.34. The predicted molar refractivity (Wildman–Crippen MR) is 83.6 cm³/mol. The van der Waals surface area contributed by atoms with Crippen molar-refractivity contribution in [2.24, 2.45) is 0 Å². The maximum absolute atomic E-state index is 12.5. The van der Waals surface area contributed by atoms with Crippen molar-refractivity contribution in [1.29, 1.82) is 0 Å². The van der Waals surface area contributed by atoms with Crippen LogP contribution in [0.5, 0.6) is 0 Å². The van der Waals surface area contributed by atoms with Crippen molar-refractivity contribution in [3.63, 3.8) is 0 Å². The van der Waals surface area contributed by atoms with Crippen LogP contribution in [0.25, 0.3) is 0 Å². The van der Waals surface area contributed by atoms with E-state index in [-0.39, 0.29) is 16.2 Å². The third-order valence-corrected chi connectivity index (χ3v) is 7.50. The first-order valence-electron chi connectivity index (χ1n) is 7.14. The molecular weight excluding hydrogens is 348 g/mol. The van der Waals surface area contributed by atoms with E-state index in [1.807, 2.05) is 0 Å². The summed E-state index contributed by atoms with van der Waals surface area (Å²) in [5.41, 5.74) is 0. The Balaban J connectivity index is 1.63. The quantitative estimate of drug-likeness (QED) is 0.813. The second kappa shape index (κ2) is 6.45. The van der Waals surface area contributed by atoms with Gasteiger partial charge in [-0.3, -0.25) is 4.79 Å². The van der Waals surface area contributed by atoms with Crippen molar-refractivity contribution in [3.05, 3.63) is 16.5 Å². The third-order valence-electron chi connectivity index (χ3n) is 3.90. The molecule has 0 aliphatic carbocycles. The Bertz CT molecular complexity index is 647. The van der Waals surface area contributed by atoms with Gasteiger partial charge in [-0.25, -0.2) is 8.42 Å². The van der Waals surface area contributed by atoms with Gasteiger partial charge in [-0.2, -0.15) is 4.31 Å². The zero-order valence-electron chi connectivity index (χ0n) is 11.9. The lowest BCUT2D eigenvalue weighted by Crippen LogP contribution is -2.52. The minimum atomic E-state index is -3.51. The smallest absolute Gasteiger partial charge is 0.252 e. The van der Waals surface area contributed by atoms with Crippen LogP contribution >= 0.6 is 22.9 Å². The Hall–Kier alpha value is -0.670. The Morgan fingerprint density at radius 1 is 1.27 bits per heavy atom. The number of nitrogens with zero attached hydrogens (tertiary/aromatic N) is 2. The first-order chi connectivity index (χ1) is 10.5. The normalized spacial score (nSPS) is 23.9. The van der Waals surface area contributed by atoms with Crippen LogP contribution in [-0.4, -0.2) is 62.4 Å². The fraction of sp³-hybridized carbons (Fsp3) is 0.615. The van der Waals surface area contributed by atoms with Crippen LogP contribution in [0.1, 0.15) is 12.8 Å². The standard InChI is InChI=1S/C13H17ClN2O4S2/c14-11-3-4-12(21-11)22(18,19)16-7-5-15(6-8-16)13(17)10-2-1-9-20-10/h3-4,10H,1-2,5-9H2/t10-/m0/s1. The average molecular weight is 365 g/mol. The molecule has 1 aromatic rings. The van der Waals surface area contributed by atoms with Gasteiger partial charge in [0.1, 0.15) is 10.3 Å². The molecule has 0 spiro atoms. The molecular formula is C13H17ClN2O4S2. The van der Waals surface area contributed by atoms with Gasteiger partial charge < -0.3 is 9.64 Å². The molecule has 2 aliphatic heterocycles. The van der Waals surface area contributed by atoms with E-state index < -0.39 is 10.0 Å². The Morgan fingerprint density at radius 2 is 2.00 bits per heavy atom. The molecule has 0 saturated carbocycles. The lowest BCUT2D eigenvalue weighted by molar-refractivity contribution is -0.142. The summed E-state index contributed by atoms with van der Waals surface area (Å²) in [5, 5.41) is 0. The second-order valence-electron chi connectivity index (χ2n) is 5.29. The van der Waals surface area contributed by atoms with Crippen LogP contribution in [0.4, 0.5) is 0 Å². The number of thiophene rings is 1. The first-order valence-corrected chi connectivity index (χ1v) is 9.78. The first kappa shape index (κ1) is 16.2. The van der Waals surface area contributed by atoms with Gasteiger partial charge in [0.15, 0.2) is 0 Å². The molecule has 0 unspecified atom stereocenters. The third kappa shape index (κ3) is 3.16. The van der Waals surface area contributed by atoms with Gasteiger partial charge in [0, 0.05) is 32.8 Å². The van der Waals surface area contributed by atoms with E-state index in [1.54, 1.807) is 11.0 Å². The number of sulfonamides is 1. The zero-order valence-corrected chi connectivity index (χ0v) is 14.3. The SMILES string of the molecule is O=C([C@@H]1CCCO1)N1CCN(S(=O)(=O)c2ccc(Cl)s2)CC1. The van der Waals surface area contributed by atoms with E-state index in [4.69, 9.17) is 16.3 Å². The topological polar surface area (TPSA) is 66.9 Å². The van der Waals surface area contributed by atoms with Crippen molar-refractivity contribution < 1.29 is 17.9 Å². The molecule has 1 aromatic heterocycles. The van der Waals surface area contributed by atoms with Gasteiger partial charge in [0.05, 0.1) is 4.34 Å². The number of carbonyl (C=O) groups excluding carboxylic acids is 1. The monoisotopic (exact) mass is 364 g/mol. The molecule has 2 fully saturated rings. The predicted octanol–water partition coefficient (Wildman–Crippen LogP) is 1.41. The van der Waals surface area contributed by atoms with E-state index >= 15 is 0 Å². The molecule has 0 radical (unpaired) electrons. The summed E-state index contributed by atoms with van der Waals surface area (Å²) in [6.45, 7) is 2.03. The number of piperazine rings is 1. The number of hydrogen-bond donors (Lipinski definition) is 0. The highest BCUT2D eigenvalue weighted by Crippen LogP contribution is 2.28. The number of amides is 1. The molecule has 3 rings (SSSR count). The zero-order chi connectivity index (χ0) is 15.7. The fourth-order valence-electron chi connectivity index (χ4n) is 2.69. The summed E-state index contributed by atoms with van der Waals surface area (Å²) < 4.78 is 32.5. The Labute approximate surface area is 138 Å². The molecule has 0 aromatic carbocycles. The van der Waals surface area contributed by atoms with Crippen molar-refractivity contribution in [3.8, 4) is 0 Å². The highest BCUT2D eigenvalue weighted by atomic mass is 35.5. The maximum atomic E-state index is 12.5. The van der Waals surface area contributed by atoms with E-state index in [0.29, 0.717) is 37.1 Å². The highest BCUT2D eigenvalue weighted by molar-refractivity contribution is 7.91. The van der Waals surface area contributed by atoms with Crippen molar-refractivity contribution in [2.75, 3.05) is 32.8 Å². The molecule has 1 amide bonds. The van der Waals surface area contributed by atoms with Crippen LogP contribution in [0.3, 0.4) is 0 Å². The van der Waals surface area contributed by atoms with E-state index in [0.717, 1.165) is 24.2 Å². The number of rotatable bonds is 3.